The summed E-state index contributed by atoms with van der Waals surface area (Å²) in [7, 11) is 3.79. The van der Waals surface area contributed by atoms with Crippen molar-refractivity contribution in [2.24, 2.45) is 14.1 Å². The van der Waals surface area contributed by atoms with E-state index in [0.717, 1.165) is 16.7 Å². The Bertz CT molecular complexity index is 948. The second-order valence-corrected chi connectivity index (χ2v) is 5.53. The molecule has 0 unspecified atom stereocenters. The molecule has 0 atom stereocenters. The molecule has 30 heavy (non-hydrogen) atoms. The van der Waals surface area contributed by atoms with E-state index in [-0.39, 0.29) is 0 Å². The SMILES string of the molecule is C=CC.C=CC.CC.Cn1ccc2c(N)ncnc21.Cn1cnc2c(N)ncnc21. The van der Waals surface area contributed by atoms with Crippen LogP contribution in [0.5, 0.6) is 0 Å². The van der Waals surface area contributed by atoms with Crippen LogP contribution in [0.1, 0.15) is 27.7 Å². The summed E-state index contributed by atoms with van der Waals surface area (Å²) < 4.78 is 3.71. The molecule has 4 aromatic rings. The fourth-order valence-corrected chi connectivity index (χ4v) is 2.06. The fraction of sp³-hybridized carbons (Fsp3) is 0.286. The lowest BCUT2D eigenvalue weighted by Crippen LogP contribution is -1.94. The second kappa shape index (κ2) is 14.3. The number of nitrogen functional groups attached to an aromatic ring is 2. The number of aromatic nitrogens is 7. The minimum Gasteiger partial charge on any atom is -0.383 e. The summed E-state index contributed by atoms with van der Waals surface area (Å²) >= 11 is 0. The molecule has 0 aromatic carbocycles. The summed E-state index contributed by atoms with van der Waals surface area (Å²) in [4.78, 5) is 19.8. The summed E-state index contributed by atoms with van der Waals surface area (Å²) in [6.45, 7) is 14.5. The molecule has 4 aromatic heterocycles. The Morgan fingerprint density at radius 3 is 1.80 bits per heavy atom. The van der Waals surface area contributed by atoms with Crippen LogP contribution in [0.4, 0.5) is 11.6 Å². The van der Waals surface area contributed by atoms with Gasteiger partial charge in [-0.1, -0.05) is 26.0 Å². The third-order valence-electron chi connectivity index (χ3n) is 3.22. The maximum absolute atomic E-state index is 5.61. The quantitative estimate of drug-likeness (QED) is 0.420. The highest BCUT2D eigenvalue weighted by atomic mass is 15.1. The predicted octanol–water partition coefficient (Wildman–Crippen LogP) is 3.91. The monoisotopic (exact) mass is 411 g/mol. The van der Waals surface area contributed by atoms with Crippen LogP contribution in [0.3, 0.4) is 0 Å². The molecule has 0 aliphatic heterocycles. The largest absolute Gasteiger partial charge is 0.383 e. The molecule has 0 fully saturated rings. The molecule has 4 rings (SSSR count). The number of rotatable bonds is 0. The van der Waals surface area contributed by atoms with Crippen molar-refractivity contribution in [3.8, 4) is 0 Å². The van der Waals surface area contributed by atoms with Crippen molar-refractivity contribution in [3.05, 3.63) is 56.6 Å². The van der Waals surface area contributed by atoms with E-state index in [1.165, 1.54) is 12.7 Å². The van der Waals surface area contributed by atoms with Gasteiger partial charge in [0.1, 0.15) is 29.6 Å². The van der Waals surface area contributed by atoms with Crippen molar-refractivity contribution in [2.45, 2.75) is 27.7 Å². The molecule has 0 aliphatic rings. The summed E-state index contributed by atoms with van der Waals surface area (Å²) in [5, 5.41) is 0.912. The fourth-order valence-electron chi connectivity index (χ4n) is 2.06. The minimum atomic E-state index is 0.426. The van der Waals surface area contributed by atoms with E-state index in [1.807, 2.05) is 58.6 Å². The van der Waals surface area contributed by atoms with E-state index in [0.29, 0.717) is 17.2 Å². The Morgan fingerprint density at radius 2 is 1.30 bits per heavy atom. The molecule has 162 valence electrons. The average molecular weight is 412 g/mol. The highest BCUT2D eigenvalue weighted by molar-refractivity contribution is 5.85. The van der Waals surface area contributed by atoms with Crippen molar-refractivity contribution in [1.82, 2.24) is 34.1 Å². The molecular formula is C21H33N9. The van der Waals surface area contributed by atoms with Crippen molar-refractivity contribution in [1.29, 1.82) is 0 Å². The van der Waals surface area contributed by atoms with Crippen LogP contribution in [-0.2, 0) is 14.1 Å². The lowest BCUT2D eigenvalue weighted by molar-refractivity contribution is 0.928. The smallest absolute Gasteiger partial charge is 0.165 e. The number of allylic oxidation sites excluding steroid dienone is 2. The molecule has 4 heterocycles. The molecule has 0 spiro atoms. The van der Waals surface area contributed by atoms with Crippen LogP contribution in [0, 0.1) is 0 Å². The first-order valence-electron chi connectivity index (χ1n) is 9.44. The Morgan fingerprint density at radius 1 is 0.800 bits per heavy atom. The Labute approximate surface area is 178 Å². The molecule has 0 radical (unpaired) electrons. The van der Waals surface area contributed by atoms with Gasteiger partial charge in [-0.2, -0.15) is 0 Å². The number of hydrogen-bond acceptors (Lipinski definition) is 7. The first-order valence-corrected chi connectivity index (χ1v) is 9.44. The van der Waals surface area contributed by atoms with E-state index in [1.54, 1.807) is 23.0 Å². The van der Waals surface area contributed by atoms with E-state index in [4.69, 9.17) is 11.5 Å². The summed E-state index contributed by atoms with van der Waals surface area (Å²) in [6, 6.07) is 1.91. The highest BCUT2D eigenvalue weighted by Gasteiger charge is 2.03. The molecule has 0 amide bonds. The van der Waals surface area contributed by atoms with Gasteiger partial charge < -0.3 is 20.6 Å². The van der Waals surface area contributed by atoms with Gasteiger partial charge in [-0.3, -0.25) is 0 Å². The van der Waals surface area contributed by atoms with Crippen molar-refractivity contribution < 1.29 is 0 Å². The number of nitrogens with zero attached hydrogens (tertiary/aromatic N) is 7. The van der Waals surface area contributed by atoms with Crippen LogP contribution in [0.2, 0.25) is 0 Å². The van der Waals surface area contributed by atoms with Gasteiger partial charge in [0.15, 0.2) is 11.5 Å². The second-order valence-electron chi connectivity index (χ2n) is 5.53. The van der Waals surface area contributed by atoms with Crippen molar-refractivity contribution in [3.63, 3.8) is 0 Å². The van der Waals surface area contributed by atoms with E-state index < -0.39 is 0 Å². The van der Waals surface area contributed by atoms with Crippen LogP contribution in [-0.4, -0.2) is 34.1 Å². The number of aryl methyl sites for hydroxylation is 2. The first-order chi connectivity index (χ1) is 14.4. The summed E-state index contributed by atoms with van der Waals surface area (Å²) in [5.74, 6) is 0.964. The Kier molecular flexibility index (Phi) is 12.5. The van der Waals surface area contributed by atoms with Gasteiger partial charge in [0.05, 0.1) is 11.7 Å². The Balaban J connectivity index is 0.000000420. The third kappa shape index (κ3) is 7.34. The number of nitrogens with two attached hydrogens (primary N) is 2. The molecule has 0 aliphatic carbocycles. The number of hydrogen-bond donors (Lipinski definition) is 2. The lowest BCUT2D eigenvalue weighted by Gasteiger charge is -1.94. The zero-order chi connectivity index (χ0) is 23.1. The maximum atomic E-state index is 5.61. The van der Waals surface area contributed by atoms with E-state index in [2.05, 4.69) is 38.1 Å². The van der Waals surface area contributed by atoms with Crippen LogP contribution < -0.4 is 11.5 Å². The lowest BCUT2D eigenvalue weighted by atomic mass is 10.4. The van der Waals surface area contributed by atoms with E-state index >= 15 is 0 Å². The summed E-state index contributed by atoms with van der Waals surface area (Å²) in [6.07, 6.45) is 9.97. The molecular weight excluding hydrogens is 378 g/mol. The highest BCUT2D eigenvalue weighted by Crippen LogP contribution is 2.15. The molecule has 4 N–H and O–H groups in total. The molecule has 9 nitrogen and oxygen atoms in total. The van der Waals surface area contributed by atoms with E-state index in [9.17, 15) is 0 Å². The van der Waals surface area contributed by atoms with Crippen molar-refractivity contribution >= 4 is 33.8 Å². The number of imidazole rings is 1. The van der Waals surface area contributed by atoms with Gasteiger partial charge in [-0.25, -0.2) is 24.9 Å². The molecule has 9 heteroatoms. The maximum Gasteiger partial charge on any atom is 0.165 e. The van der Waals surface area contributed by atoms with Gasteiger partial charge in [0, 0.05) is 20.3 Å². The first kappa shape index (κ1) is 26.2. The molecule has 0 saturated heterocycles. The molecule has 0 bridgehead atoms. The van der Waals surface area contributed by atoms with Gasteiger partial charge >= 0.3 is 0 Å². The van der Waals surface area contributed by atoms with Gasteiger partial charge in [0.25, 0.3) is 0 Å². The number of anilines is 2. The third-order valence-corrected chi connectivity index (χ3v) is 3.22. The Hall–Kier alpha value is -3.75. The molecule has 0 saturated carbocycles. The van der Waals surface area contributed by atoms with Crippen molar-refractivity contribution in [2.75, 3.05) is 11.5 Å². The topological polar surface area (TPSA) is 126 Å². The number of fused-ring (bicyclic) bond motifs is 2. The zero-order valence-electron chi connectivity index (χ0n) is 18.7. The van der Waals surface area contributed by atoms with Crippen LogP contribution in [0.15, 0.2) is 56.6 Å². The van der Waals surface area contributed by atoms with Gasteiger partial charge in [-0.15, -0.1) is 13.2 Å². The average Bonchev–Trinajstić information content (AvgIpc) is 3.31. The van der Waals surface area contributed by atoms with Crippen LogP contribution in [0.25, 0.3) is 22.2 Å². The van der Waals surface area contributed by atoms with Crippen LogP contribution >= 0.6 is 0 Å². The zero-order valence-corrected chi connectivity index (χ0v) is 18.7. The van der Waals surface area contributed by atoms with Gasteiger partial charge in [-0.05, 0) is 19.9 Å². The minimum absolute atomic E-state index is 0.426. The normalized spacial score (nSPS) is 8.87. The standard InChI is InChI=1S/C7H8N4.C6H7N5.2C3H6.C2H6/c1-11-3-2-5-6(8)9-4-10-7(5)11;1-11-3-10-4-5(7)8-2-9-6(4)11;2*1-3-2;1-2/h2-4H,1H3,(H2,8,9,10);2-3H,1H3,(H2,7,8,9);2*3H,1H2,2H3;1-2H3. The summed E-state index contributed by atoms with van der Waals surface area (Å²) in [5.41, 5.74) is 13.4. The van der Waals surface area contributed by atoms with Gasteiger partial charge in [0.2, 0.25) is 0 Å². The predicted molar refractivity (Wildman–Crippen MR) is 127 cm³/mol.